The van der Waals surface area contributed by atoms with E-state index in [1.165, 1.54) is 22.3 Å². The number of fused-ring (bicyclic) bond motifs is 3. The van der Waals surface area contributed by atoms with Crippen LogP contribution in [-0.4, -0.2) is 29.5 Å². The normalized spacial score (nSPS) is 11.4. The second-order valence-electron chi connectivity index (χ2n) is 7.11. The van der Waals surface area contributed by atoms with Crippen molar-refractivity contribution in [2.45, 2.75) is 6.42 Å². The number of nitrogens with one attached hydrogen (secondary N) is 2. The molecule has 5 rings (SSSR count). The van der Waals surface area contributed by atoms with Crippen LogP contribution in [0.1, 0.15) is 15.2 Å². The fourth-order valence-corrected chi connectivity index (χ4v) is 4.70. The minimum absolute atomic E-state index is 0.169. The van der Waals surface area contributed by atoms with Gasteiger partial charge in [0.1, 0.15) is 15.5 Å². The van der Waals surface area contributed by atoms with Gasteiger partial charge in [0.05, 0.1) is 18.3 Å². The summed E-state index contributed by atoms with van der Waals surface area (Å²) in [6.45, 7) is 0.529. The Bertz CT molecular complexity index is 1400. The predicted molar refractivity (Wildman–Crippen MR) is 122 cm³/mol. The maximum atomic E-state index is 12.8. The van der Waals surface area contributed by atoms with Gasteiger partial charge in [-0.25, -0.2) is 4.98 Å². The number of methoxy groups -OCH3 is 1. The fourth-order valence-electron chi connectivity index (χ4n) is 3.70. The molecule has 0 aliphatic rings. The molecule has 0 aliphatic heterocycles. The number of carbonyl (C=O) groups is 1. The monoisotopic (exact) mass is 416 g/mol. The smallest absolute Gasteiger partial charge is 0.263 e. The molecule has 3 heterocycles. The van der Waals surface area contributed by atoms with Crippen LogP contribution in [0.3, 0.4) is 0 Å². The van der Waals surface area contributed by atoms with E-state index in [9.17, 15) is 4.79 Å². The number of amides is 1. The minimum Gasteiger partial charge on any atom is -0.497 e. The van der Waals surface area contributed by atoms with Crippen molar-refractivity contribution >= 4 is 55.0 Å². The van der Waals surface area contributed by atoms with Crippen LogP contribution in [0.4, 0.5) is 5.69 Å². The van der Waals surface area contributed by atoms with Gasteiger partial charge in [0.2, 0.25) is 0 Å². The second kappa shape index (κ2) is 7.35. The summed E-state index contributed by atoms with van der Waals surface area (Å²) in [4.78, 5) is 22.0. The molecule has 0 aliphatic carbocycles. The van der Waals surface area contributed by atoms with E-state index in [1.807, 2.05) is 48.7 Å². The highest BCUT2D eigenvalue weighted by atomic mass is 32.1. The van der Waals surface area contributed by atoms with E-state index >= 15 is 0 Å². The molecule has 0 bridgehead atoms. The zero-order chi connectivity index (χ0) is 20.7. The van der Waals surface area contributed by atoms with Gasteiger partial charge >= 0.3 is 0 Å². The van der Waals surface area contributed by atoms with Crippen molar-refractivity contribution in [3.05, 3.63) is 65.2 Å². The van der Waals surface area contributed by atoms with Crippen LogP contribution in [0.25, 0.3) is 32.0 Å². The zero-order valence-corrected chi connectivity index (χ0v) is 17.2. The first kappa shape index (κ1) is 18.4. The van der Waals surface area contributed by atoms with Gasteiger partial charge in [0.25, 0.3) is 5.91 Å². The van der Waals surface area contributed by atoms with Gasteiger partial charge in [-0.05, 0) is 36.2 Å². The molecule has 150 valence electrons. The van der Waals surface area contributed by atoms with Gasteiger partial charge in [-0.3, -0.25) is 4.79 Å². The molecule has 0 fully saturated rings. The first-order valence-corrected chi connectivity index (χ1v) is 10.5. The highest BCUT2D eigenvalue weighted by Crippen LogP contribution is 2.35. The molecule has 2 aromatic carbocycles. The van der Waals surface area contributed by atoms with Gasteiger partial charge in [-0.15, -0.1) is 11.3 Å². The number of hydrogen-bond acceptors (Lipinski definition) is 5. The summed E-state index contributed by atoms with van der Waals surface area (Å²) in [5.74, 6) is 0.575. The third kappa shape index (κ3) is 3.13. The Morgan fingerprint density at radius 3 is 2.93 bits per heavy atom. The first-order valence-electron chi connectivity index (χ1n) is 9.64. The molecule has 0 unspecified atom stereocenters. The van der Waals surface area contributed by atoms with Gasteiger partial charge in [-0.1, -0.05) is 18.2 Å². The van der Waals surface area contributed by atoms with Crippen LogP contribution >= 0.6 is 11.3 Å². The number of nitrogens with zero attached hydrogens (tertiary/aromatic N) is 1. The molecule has 4 N–H and O–H groups in total. The Morgan fingerprint density at radius 1 is 1.20 bits per heavy atom. The number of H-pyrrole nitrogens is 1. The number of aromatic nitrogens is 2. The zero-order valence-electron chi connectivity index (χ0n) is 16.4. The van der Waals surface area contributed by atoms with Crippen LogP contribution in [0.2, 0.25) is 0 Å². The SMILES string of the molecule is COc1ccc2cc3c(N)c(C(=O)NCCc4c[nH]c5ccccc45)sc3nc2c1. The molecule has 0 saturated heterocycles. The van der Waals surface area contributed by atoms with Crippen LogP contribution in [0.5, 0.6) is 5.75 Å². The van der Waals surface area contributed by atoms with Crippen molar-refractivity contribution in [2.75, 3.05) is 19.4 Å². The first-order chi connectivity index (χ1) is 14.6. The molecule has 30 heavy (non-hydrogen) atoms. The molecule has 0 atom stereocenters. The highest BCUT2D eigenvalue weighted by molar-refractivity contribution is 7.21. The number of hydrogen-bond donors (Lipinski definition) is 3. The molecule has 3 aromatic heterocycles. The maximum Gasteiger partial charge on any atom is 0.263 e. The van der Waals surface area contributed by atoms with Crippen molar-refractivity contribution in [1.82, 2.24) is 15.3 Å². The molecule has 5 aromatic rings. The van der Waals surface area contributed by atoms with Gasteiger partial charge < -0.3 is 20.8 Å². The van der Waals surface area contributed by atoms with Crippen molar-refractivity contribution < 1.29 is 9.53 Å². The molecule has 0 radical (unpaired) electrons. The molecular weight excluding hydrogens is 396 g/mol. The predicted octanol–water partition coefficient (Wildman–Crippen LogP) is 4.49. The number of nitrogen functional groups attached to an aromatic ring is 1. The lowest BCUT2D eigenvalue weighted by molar-refractivity contribution is 0.0959. The molecule has 7 heteroatoms. The summed E-state index contributed by atoms with van der Waals surface area (Å²) in [6, 6.07) is 15.8. The van der Waals surface area contributed by atoms with Crippen LogP contribution in [0, 0.1) is 0 Å². The average molecular weight is 417 g/mol. The highest BCUT2D eigenvalue weighted by Gasteiger charge is 2.18. The second-order valence-corrected chi connectivity index (χ2v) is 8.11. The number of pyridine rings is 1. The third-order valence-corrected chi connectivity index (χ3v) is 6.40. The van der Waals surface area contributed by atoms with E-state index in [2.05, 4.69) is 21.4 Å². The quantitative estimate of drug-likeness (QED) is 0.393. The number of ether oxygens (including phenoxy) is 1. The number of para-hydroxylation sites is 1. The van der Waals surface area contributed by atoms with E-state index in [1.54, 1.807) is 7.11 Å². The number of benzene rings is 2. The molecular formula is C23H20N4O2S. The minimum atomic E-state index is -0.169. The van der Waals surface area contributed by atoms with E-state index in [0.29, 0.717) is 17.1 Å². The topological polar surface area (TPSA) is 93.0 Å². The van der Waals surface area contributed by atoms with E-state index < -0.39 is 0 Å². The number of aromatic amines is 1. The number of anilines is 1. The average Bonchev–Trinajstić information content (AvgIpc) is 3.33. The standard InChI is InChI=1S/C23H20N4O2S/c1-29-15-7-6-13-10-17-20(24)21(30-23(17)27-19(13)11-15)22(28)25-9-8-14-12-26-18-5-3-2-4-16(14)18/h2-7,10-12,26H,8-9,24H2,1H3,(H,25,28). The van der Waals surface area contributed by atoms with Gasteiger partial charge in [-0.2, -0.15) is 0 Å². The molecule has 0 spiro atoms. The largest absolute Gasteiger partial charge is 0.497 e. The van der Waals surface area contributed by atoms with Crippen molar-refractivity contribution in [1.29, 1.82) is 0 Å². The van der Waals surface area contributed by atoms with E-state index in [-0.39, 0.29) is 5.91 Å². The van der Waals surface area contributed by atoms with Crippen LogP contribution in [0.15, 0.2) is 54.7 Å². The number of rotatable bonds is 5. The van der Waals surface area contributed by atoms with E-state index in [0.717, 1.165) is 38.8 Å². The van der Waals surface area contributed by atoms with Crippen LogP contribution in [-0.2, 0) is 6.42 Å². The summed E-state index contributed by atoms with van der Waals surface area (Å²) in [5, 5.41) is 5.94. The third-order valence-electron chi connectivity index (χ3n) is 5.28. The van der Waals surface area contributed by atoms with Crippen LogP contribution < -0.4 is 15.8 Å². The fraction of sp³-hybridized carbons (Fsp3) is 0.130. The Hall–Kier alpha value is -3.58. The summed E-state index contributed by atoms with van der Waals surface area (Å²) in [6.07, 6.45) is 2.73. The van der Waals surface area contributed by atoms with Crippen molar-refractivity contribution in [2.24, 2.45) is 0 Å². The molecule has 6 nitrogen and oxygen atoms in total. The summed E-state index contributed by atoms with van der Waals surface area (Å²) < 4.78 is 5.28. The van der Waals surface area contributed by atoms with Crippen molar-refractivity contribution in [3.8, 4) is 5.75 Å². The van der Waals surface area contributed by atoms with E-state index in [4.69, 9.17) is 10.5 Å². The lowest BCUT2D eigenvalue weighted by atomic mass is 10.1. The molecule has 1 amide bonds. The Balaban J connectivity index is 1.37. The summed E-state index contributed by atoms with van der Waals surface area (Å²) in [5.41, 5.74) is 9.88. The molecule has 0 saturated carbocycles. The maximum absolute atomic E-state index is 12.8. The Labute approximate surface area is 176 Å². The number of nitrogens with two attached hydrogens (primary N) is 1. The van der Waals surface area contributed by atoms with Gasteiger partial charge in [0.15, 0.2) is 0 Å². The van der Waals surface area contributed by atoms with Crippen molar-refractivity contribution in [3.63, 3.8) is 0 Å². The number of thiophene rings is 1. The Morgan fingerprint density at radius 2 is 2.07 bits per heavy atom. The lowest BCUT2D eigenvalue weighted by Gasteiger charge is -2.04. The number of carbonyl (C=O) groups excluding carboxylic acids is 1. The lowest BCUT2D eigenvalue weighted by Crippen LogP contribution is -2.25. The van der Waals surface area contributed by atoms with Gasteiger partial charge in [0, 0.05) is 40.5 Å². The summed E-state index contributed by atoms with van der Waals surface area (Å²) in [7, 11) is 1.63. The summed E-state index contributed by atoms with van der Waals surface area (Å²) >= 11 is 1.32. The Kier molecular flexibility index (Phi) is 4.52.